The molecule has 0 atom stereocenters. The first-order valence-electron chi connectivity index (χ1n) is 5.68. The van der Waals surface area contributed by atoms with E-state index in [0.717, 1.165) is 16.5 Å². The summed E-state index contributed by atoms with van der Waals surface area (Å²) in [7, 11) is 0. The Hall–Kier alpha value is -2.42. The second-order valence-corrected chi connectivity index (χ2v) is 4.03. The molecule has 0 bridgehead atoms. The Balaban J connectivity index is 2.01. The van der Waals surface area contributed by atoms with Gasteiger partial charge in [-0.25, -0.2) is 4.39 Å². The molecule has 0 fully saturated rings. The van der Waals surface area contributed by atoms with Crippen LogP contribution in [0.2, 0.25) is 0 Å². The molecular weight excluding hydrogens is 227 g/mol. The van der Waals surface area contributed by atoms with Crippen molar-refractivity contribution in [2.75, 3.05) is 0 Å². The van der Waals surface area contributed by atoms with Crippen LogP contribution >= 0.6 is 0 Å². The number of fused-ring (bicyclic) bond motifs is 1. The molecule has 1 aromatic carbocycles. The van der Waals surface area contributed by atoms with Crippen LogP contribution in [0, 0.1) is 5.82 Å². The number of aromatic amines is 1. The number of para-hydroxylation sites is 1. The lowest BCUT2D eigenvalue weighted by Crippen LogP contribution is -1.76. The highest BCUT2D eigenvalue weighted by molar-refractivity contribution is 5.91. The van der Waals surface area contributed by atoms with Crippen LogP contribution in [0.25, 0.3) is 23.1 Å². The summed E-state index contributed by atoms with van der Waals surface area (Å²) >= 11 is 0. The second kappa shape index (κ2) is 4.45. The van der Waals surface area contributed by atoms with Gasteiger partial charge in [-0.05, 0) is 23.3 Å². The van der Waals surface area contributed by atoms with Crippen molar-refractivity contribution in [2.24, 2.45) is 0 Å². The molecule has 0 spiro atoms. The Bertz CT molecular complexity index is 699. The smallest absolute Gasteiger partial charge is 0.147 e. The van der Waals surface area contributed by atoms with Gasteiger partial charge in [0, 0.05) is 24.0 Å². The second-order valence-electron chi connectivity index (χ2n) is 4.03. The maximum atomic E-state index is 13.5. The van der Waals surface area contributed by atoms with Crippen LogP contribution in [0.1, 0.15) is 11.1 Å². The van der Waals surface area contributed by atoms with Crippen molar-refractivity contribution >= 4 is 23.1 Å². The van der Waals surface area contributed by atoms with Crippen molar-refractivity contribution in [1.82, 2.24) is 9.97 Å². The van der Waals surface area contributed by atoms with Gasteiger partial charge in [0.05, 0.1) is 5.52 Å². The summed E-state index contributed by atoms with van der Waals surface area (Å²) in [5.74, 6) is -0.228. The molecule has 88 valence electrons. The molecule has 0 aliphatic heterocycles. The fourth-order valence-corrected chi connectivity index (χ4v) is 1.94. The largest absolute Gasteiger partial charge is 0.358 e. The van der Waals surface area contributed by atoms with Crippen LogP contribution in [0.15, 0.2) is 48.9 Å². The zero-order valence-electron chi connectivity index (χ0n) is 9.60. The number of H-pyrrole nitrogens is 1. The fraction of sp³-hybridized carbons (Fsp3) is 0. The van der Waals surface area contributed by atoms with E-state index in [0.29, 0.717) is 5.52 Å². The van der Waals surface area contributed by atoms with Crippen molar-refractivity contribution in [3.05, 3.63) is 65.9 Å². The number of halogens is 1. The van der Waals surface area contributed by atoms with E-state index in [1.807, 2.05) is 30.4 Å². The van der Waals surface area contributed by atoms with Crippen LogP contribution in [0.4, 0.5) is 4.39 Å². The van der Waals surface area contributed by atoms with Crippen LogP contribution in [-0.4, -0.2) is 9.97 Å². The van der Waals surface area contributed by atoms with Crippen LogP contribution in [0.3, 0.4) is 0 Å². The molecule has 18 heavy (non-hydrogen) atoms. The predicted octanol–water partition coefficient (Wildman–Crippen LogP) is 3.87. The number of benzene rings is 1. The summed E-state index contributed by atoms with van der Waals surface area (Å²) in [6.45, 7) is 0. The first-order valence-corrected chi connectivity index (χ1v) is 5.68. The molecule has 0 saturated carbocycles. The third kappa shape index (κ3) is 1.91. The molecule has 3 aromatic rings. The number of hydrogen-bond acceptors (Lipinski definition) is 1. The summed E-state index contributed by atoms with van der Waals surface area (Å²) in [6.07, 6.45) is 9.24. The molecule has 2 aromatic heterocycles. The molecule has 3 heteroatoms. The maximum Gasteiger partial charge on any atom is 0.147 e. The third-order valence-corrected chi connectivity index (χ3v) is 2.84. The average molecular weight is 238 g/mol. The highest BCUT2D eigenvalue weighted by atomic mass is 19.1. The minimum atomic E-state index is -0.228. The molecule has 3 rings (SSSR count). The maximum absolute atomic E-state index is 13.5. The van der Waals surface area contributed by atoms with Crippen molar-refractivity contribution in [3.63, 3.8) is 0 Å². The first kappa shape index (κ1) is 10.7. The van der Waals surface area contributed by atoms with Gasteiger partial charge in [-0.1, -0.05) is 30.4 Å². The Labute approximate surface area is 104 Å². The lowest BCUT2D eigenvalue weighted by atomic mass is 10.1. The lowest BCUT2D eigenvalue weighted by molar-refractivity contribution is 0.637. The summed E-state index contributed by atoms with van der Waals surface area (Å²) in [5.41, 5.74) is 2.53. The minimum Gasteiger partial charge on any atom is -0.358 e. The Morgan fingerprint density at radius 2 is 2.06 bits per heavy atom. The average Bonchev–Trinajstić information content (AvgIpc) is 2.82. The SMILES string of the molecule is Fc1cccc2c(/C=C/c3cccnc3)c[nH]c12. The first-order chi connectivity index (χ1) is 8.84. The molecule has 0 aliphatic carbocycles. The topological polar surface area (TPSA) is 28.7 Å². The van der Waals surface area contributed by atoms with E-state index in [2.05, 4.69) is 9.97 Å². The van der Waals surface area contributed by atoms with Gasteiger partial charge in [0.25, 0.3) is 0 Å². The van der Waals surface area contributed by atoms with E-state index in [4.69, 9.17) is 0 Å². The van der Waals surface area contributed by atoms with Gasteiger partial charge in [-0.2, -0.15) is 0 Å². The van der Waals surface area contributed by atoms with E-state index in [1.165, 1.54) is 6.07 Å². The van der Waals surface area contributed by atoms with E-state index < -0.39 is 0 Å². The molecule has 0 radical (unpaired) electrons. The number of nitrogens with one attached hydrogen (secondary N) is 1. The van der Waals surface area contributed by atoms with E-state index in [-0.39, 0.29) is 5.82 Å². The monoisotopic (exact) mass is 238 g/mol. The van der Waals surface area contributed by atoms with Crippen molar-refractivity contribution in [3.8, 4) is 0 Å². The number of pyridine rings is 1. The van der Waals surface area contributed by atoms with Gasteiger partial charge in [0.1, 0.15) is 5.82 Å². The Kier molecular flexibility index (Phi) is 2.65. The molecular formula is C15H11FN2. The van der Waals surface area contributed by atoms with Crippen molar-refractivity contribution in [2.45, 2.75) is 0 Å². The number of hydrogen-bond donors (Lipinski definition) is 1. The molecule has 0 saturated heterocycles. The van der Waals surface area contributed by atoms with Gasteiger partial charge >= 0.3 is 0 Å². The summed E-state index contributed by atoms with van der Waals surface area (Å²) < 4.78 is 13.5. The summed E-state index contributed by atoms with van der Waals surface area (Å²) in [6, 6.07) is 8.92. The molecule has 2 heterocycles. The molecule has 0 unspecified atom stereocenters. The molecule has 1 N–H and O–H groups in total. The van der Waals surface area contributed by atoms with Gasteiger partial charge in [0.2, 0.25) is 0 Å². The van der Waals surface area contributed by atoms with Crippen LogP contribution in [0.5, 0.6) is 0 Å². The lowest BCUT2D eigenvalue weighted by Gasteiger charge is -1.93. The zero-order valence-corrected chi connectivity index (χ0v) is 9.60. The van der Waals surface area contributed by atoms with E-state index >= 15 is 0 Å². The summed E-state index contributed by atoms with van der Waals surface area (Å²) in [5, 5.41) is 0.884. The van der Waals surface area contributed by atoms with Crippen LogP contribution < -0.4 is 0 Å². The highest BCUT2D eigenvalue weighted by Crippen LogP contribution is 2.22. The molecule has 2 nitrogen and oxygen atoms in total. The van der Waals surface area contributed by atoms with Crippen molar-refractivity contribution in [1.29, 1.82) is 0 Å². The highest BCUT2D eigenvalue weighted by Gasteiger charge is 2.04. The zero-order chi connectivity index (χ0) is 12.4. The standard InChI is InChI=1S/C15H11FN2/c16-14-5-1-4-13-12(10-18-15(13)14)7-6-11-3-2-8-17-9-11/h1-10,18H/b7-6+. The van der Waals surface area contributed by atoms with E-state index in [9.17, 15) is 4.39 Å². The van der Waals surface area contributed by atoms with Gasteiger partial charge in [0.15, 0.2) is 0 Å². The van der Waals surface area contributed by atoms with Gasteiger partial charge in [-0.15, -0.1) is 0 Å². The third-order valence-electron chi connectivity index (χ3n) is 2.84. The van der Waals surface area contributed by atoms with Crippen molar-refractivity contribution < 1.29 is 4.39 Å². The van der Waals surface area contributed by atoms with Crippen LogP contribution in [-0.2, 0) is 0 Å². The number of aromatic nitrogens is 2. The number of rotatable bonds is 2. The Morgan fingerprint density at radius 3 is 2.89 bits per heavy atom. The van der Waals surface area contributed by atoms with Gasteiger partial charge in [-0.3, -0.25) is 4.98 Å². The quantitative estimate of drug-likeness (QED) is 0.721. The van der Waals surface area contributed by atoms with Gasteiger partial charge < -0.3 is 4.98 Å². The molecule has 0 aliphatic rings. The van der Waals surface area contributed by atoms with E-state index in [1.54, 1.807) is 24.7 Å². The summed E-state index contributed by atoms with van der Waals surface area (Å²) in [4.78, 5) is 6.99. The normalized spacial score (nSPS) is 11.4. The predicted molar refractivity (Wildman–Crippen MR) is 71.4 cm³/mol. The fourth-order valence-electron chi connectivity index (χ4n) is 1.94. The number of nitrogens with zero attached hydrogens (tertiary/aromatic N) is 1. The molecule has 0 amide bonds. The Morgan fingerprint density at radius 1 is 1.11 bits per heavy atom. The minimum absolute atomic E-state index is 0.228.